The first-order valence-electron chi connectivity index (χ1n) is 5.73. The molecule has 0 radical (unpaired) electrons. The Labute approximate surface area is 110 Å². The van der Waals surface area contributed by atoms with Crippen LogP contribution in [0.15, 0.2) is 12.2 Å². The number of ether oxygens (including phenoxy) is 3. The predicted molar refractivity (Wildman–Crippen MR) is 62.8 cm³/mol. The number of esters is 2. The van der Waals surface area contributed by atoms with E-state index in [1.54, 1.807) is 6.92 Å². The lowest BCUT2D eigenvalue weighted by molar-refractivity contribution is -0.191. The molecule has 0 aliphatic heterocycles. The zero-order valence-corrected chi connectivity index (χ0v) is 11.2. The predicted octanol–water partition coefficient (Wildman–Crippen LogP) is 1.71. The molecule has 0 aromatic carbocycles. The van der Waals surface area contributed by atoms with Crippen LogP contribution in [0.4, 0.5) is 8.78 Å². The molecular weight excluding hydrogens is 262 g/mol. The van der Waals surface area contributed by atoms with Crippen molar-refractivity contribution in [3.63, 3.8) is 0 Å². The maximum atomic E-state index is 13.5. The van der Waals surface area contributed by atoms with Gasteiger partial charge < -0.3 is 14.2 Å². The van der Waals surface area contributed by atoms with Crippen molar-refractivity contribution < 1.29 is 32.6 Å². The molecule has 0 saturated heterocycles. The van der Waals surface area contributed by atoms with Crippen molar-refractivity contribution in [1.82, 2.24) is 0 Å². The highest BCUT2D eigenvalue weighted by atomic mass is 19.3. The van der Waals surface area contributed by atoms with E-state index < -0.39 is 30.6 Å². The number of methoxy groups -OCH3 is 1. The van der Waals surface area contributed by atoms with Crippen LogP contribution in [-0.2, 0) is 23.8 Å². The van der Waals surface area contributed by atoms with Gasteiger partial charge in [0.05, 0.1) is 25.9 Å². The molecule has 0 heterocycles. The van der Waals surface area contributed by atoms with Gasteiger partial charge in [0.25, 0.3) is 0 Å². The first-order chi connectivity index (χ1) is 8.81. The van der Waals surface area contributed by atoms with Crippen molar-refractivity contribution in [1.29, 1.82) is 0 Å². The number of rotatable bonds is 8. The molecule has 110 valence electrons. The van der Waals surface area contributed by atoms with Crippen molar-refractivity contribution in [2.45, 2.75) is 32.3 Å². The first kappa shape index (κ1) is 17.5. The van der Waals surface area contributed by atoms with Crippen LogP contribution in [0.25, 0.3) is 0 Å². The summed E-state index contributed by atoms with van der Waals surface area (Å²) in [5.74, 6) is -6.18. The monoisotopic (exact) mass is 280 g/mol. The lowest BCUT2D eigenvalue weighted by atomic mass is 10.1. The summed E-state index contributed by atoms with van der Waals surface area (Å²) in [5, 5.41) is 0. The van der Waals surface area contributed by atoms with Crippen molar-refractivity contribution in [2.75, 3.05) is 20.3 Å². The third kappa shape index (κ3) is 4.94. The van der Waals surface area contributed by atoms with Crippen LogP contribution in [0.5, 0.6) is 0 Å². The van der Waals surface area contributed by atoms with Gasteiger partial charge in [0.1, 0.15) is 6.10 Å². The Morgan fingerprint density at radius 2 is 1.89 bits per heavy atom. The summed E-state index contributed by atoms with van der Waals surface area (Å²) < 4.78 is 40.6. The van der Waals surface area contributed by atoms with Gasteiger partial charge in [-0.25, -0.2) is 9.59 Å². The van der Waals surface area contributed by atoms with E-state index in [1.165, 1.54) is 6.92 Å². The van der Waals surface area contributed by atoms with E-state index in [0.29, 0.717) is 0 Å². The number of carbonyl (C=O) groups is 2. The molecule has 0 aliphatic carbocycles. The van der Waals surface area contributed by atoms with Gasteiger partial charge in [-0.1, -0.05) is 13.5 Å². The summed E-state index contributed by atoms with van der Waals surface area (Å²) in [6.45, 7) is 6.10. The van der Waals surface area contributed by atoms with E-state index in [-0.39, 0.29) is 18.6 Å². The zero-order valence-electron chi connectivity index (χ0n) is 11.2. The van der Waals surface area contributed by atoms with Crippen molar-refractivity contribution >= 4 is 11.9 Å². The van der Waals surface area contributed by atoms with Gasteiger partial charge in [-0.05, 0) is 13.3 Å². The quantitative estimate of drug-likeness (QED) is 0.500. The summed E-state index contributed by atoms with van der Waals surface area (Å²) >= 11 is 0. The molecule has 1 unspecified atom stereocenters. The molecule has 0 rings (SSSR count). The lowest BCUT2D eigenvalue weighted by Crippen LogP contribution is -2.44. The summed E-state index contributed by atoms with van der Waals surface area (Å²) in [6.07, 6.45) is -1.82. The second-order valence-corrected chi connectivity index (χ2v) is 3.65. The Hall–Kier alpha value is -1.50. The Bertz CT molecular complexity index is 341. The molecule has 0 aromatic rings. The third-order valence-electron chi connectivity index (χ3n) is 2.26. The molecule has 0 fully saturated rings. The molecule has 0 amide bonds. The van der Waals surface area contributed by atoms with Crippen LogP contribution in [0, 0.1) is 0 Å². The fourth-order valence-corrected chi connectivity index (χ4v) is 1.24. The van der Waals surface area contributed by atoms with Gasteiger partial charge in [-0.15, -0.1) is 0 Å². The Balaban J connectivity index is 4.54. The highest BCUT2D eigenvalue weighted by molar-refractivity contribution is 5.88. The minimum absolute atomic E-state index is 0.0963. The number of hydrogen-bond donors (Lipinski definition) is 0. The molecular formula is C12H18F2O5. The molecule has 0 aliphatic rings. The summed E-state index contributed by atoms with van der Waals surface area (Å²) in [7, 11) is 0.862. The number of alkyl halides is 2. The SMILES string of the molecule is C=C(COC(CC)C(F)(F)C(=O)OC)C(=O)OCC. The summed E-state index contributed by atoms with van der Waals surface area (Å²) in [5.41, 5.74) is -0.0963. The second kappa shape index (κ2) is 7.83. The molecule has 1 atom stereocenters. The molecule has 0 saturated carbocycles. The Kier molecular flexibility index (Phi) is 7.21. The number of halogens is 2. The van der Waals surface area contributed by atoms with Crippen LogP contribution < -0.4 is 0 Å². The summed E-state index contributed by atoms with van der Waals surface area (Å²) in [4.78, 5) is 22.2. The van der Waals surface area contributed by atoms with Crippen molar-refractivity contribution in [3.8, 4) is 0 Å². The van der Waals surface area contributed by atoms with Gasteiger partial charge in [0, 0.05) is 0 Å². The number of carbonyl (C=O) groups excluding carboxylic acids is 2. The highest BCUT2D eigenvalue weighted by Gasteiger charge is 2.48. The minimum atomic E-state index is -3.78. The molecule has 0 aromatic heterocycles. The van der Waals surface area contributed by atoms with E-state index >= 15 is 0 Å². The first-order valence-corrected chi connectivity index (χ1v) is 5.73. The van der Waals surface area contributed by atoms with Gasteiger partial charge in [0.15, 0.2) is 0 Å². The maximum Gasteiger partial charge on any atom is 0.379 e. The van der Waals surface area contributed by atoms with Crippen LogP contribution in [0.3, 0.4) is 0 Å². The second-order valence-electron chi connectivity index (χ2n) is 3.65. The van der Waals surface area contributed by atoms with E-state index in [1.807, 2.05) is 0 Å². The normalized spacial score (nSPS) is 12.7. The molecule has 0 N–H and O–H groups in total. The summed E-state index contributed by atoms with van der Waals surface area (Å²) in [6, 6.07) is 0. The molecule has 7 heteroatoms. The van der Waals surface area contributed by atoms with Crippen molar-refractivity contribution in [2.24, 2.45) is 0 Å². The molecule has 19 heavy (non-hydrogen) atoms. The Morgan fingerprint density at radius 1 is 1.32 bits per heavy atom. The fourth-order valence-electron chi connectivity index (χ4n) is 1.24. The zero-order chi connectivity index (χ0) is 15.1. The third-order valence-corrected chi connectivity index (χ3v) is 2.26. The van der Waals surface area contributed by atoms with E-state index in [9.17, 15) is 18.4 Å². The van der Waals surface area contributed by atoms with Crippen molar-refractivity contribution in [3.05, 3.63) is 12.2 Å². The van der Waals surface area contributed by atoms with Crippen LogP contribution in [0.1, 0.15) is 20.3 Å². The minimum Gasteiger partial charge on any atom is -0.465 e. The van der Waals surface area contributed by atoms with Crippen LogP contribution in [-0.4, -0.2) is 44.3 Å². The standard InChI is InChI=1S/C12H18F2O5/c1-5-9(12(13,14)11(16)17-4)19-7-8(3)10(15)18-6-2/h9H,3,5-7H2,1-2,4H3. The van der Waals surface area contributed by atoms with Crippen LogP contribution in [0.2, 0.25) is 0 Å². The number of hydrogen-bond acceptors (Lipinski definition) is 5. The Morgan fingerprint density at radius 3 is 2.32 bits per heavy atom. The fraction of sp³-hybridized carbons (Fsp3) is 0.667. The van der Waals surface area contributed by atoms with Crippen LogP contribution >= 0.6 is 0 Å². The maximum absolute atomic E-state index is 13.5. The van der Waals surface area contributed by atoms with E-state index in [2.05, 4.69) is 16.1 Å². The van der Waals surface area contributed by atoms with Gasteiger partial charge in [0.2, 0.25) is 0 Å². The average molecular weight is 280 g/mol. The molecule has 0 bridgehead atoms. The van der Waals surface area contributed by atoms with Gasteiger partial charge >= 0.3 is 17.9 Å². The topological polar surface area (TPSA) is 61.8 Å². The van der Waals surface area contributed by atoms with E-state index in [4.69, 9.17) is 4.74 Å². The van der Waals surface area contributed by atoms with E-state index in [0.717, 1.165) is 7.11 Å². The molecule has 0 spiro atoms. The highest BCUT2D eigenvalue weighted by Crippen LogP contribution is 2.25. The molecule has 5 nitrogen and oxygen atoms in total. The largest absolute Gasteiger partial charge is 0.465 e. The lowest BCUT2D eigenvalue weighted by Gasteiger charge is -2.23. The smallest absolute Gasteiger partial charge is 0.379 e. The average Bonchev–Trinajstić information content (AvgIpc) is 2.37. The van der Waals surface area contributed by atoms with Gasteiger partial charge in [-0.3, -0.25) is 0 Å². The van der Waals surface area contributed by atoms with Gasteiger partial charge in [-0.2, -0.15) is 8.78 Å².